The fourth-order valence-corrected chi connectivity index (χ4v) is 22.6. The summed E-state index contributed by atoms with van der Waals surface area (Å²) in [6, 6.07) is 21.1. The molecule has 20 heteroatoms. The van der Waals surface area contributed by atoms with Crippen molar-refractivity contribution in [1.82, 2.24) is 20.3 Å². The van der Waals surface area contributed by atoms with E-state index in [0.717, 1.165) is 152 Å². The van der Waals surface area contributed by atoms with Gasteiger partial charge in [0.15, 0.2) is 11.6 Å². The third-order valence-corrected chi connectivity index (χ3v) is 28.0. The van der Waals surface area contributed by atoms with E-state index in [1.54, 1.807) is 22.3 Å². The predicted octanol–water partition coefficient (Wildman–Crippen LogP) is 10.1. The summed E-state index contributed by atoms with van der Waals surface area (Å²) in [6.45, 7) is 27.6. The number of fused-ring (bicyclic) bond motifs is 12. The van der Waals surface area contributed by atoms with Gasteiger partial charge >= 0.3 is 41.5 Å². The SMILES string of the molecule is CC(=O)OOC(C)=O.CC1=C2C[C@H]3[C@@H](CCC4=CC(=O)CC[C@@]43C)[C@@H]2CC[C@@]2(C1)O[C@@H]1C[C@H](C)CN(CCNS(=O)(=O)CCc3ccccc3)[C@H]1[C@H]2C.CC1=C2C[C@H]3[C@@H](CCC4=CC(=O)CC[C@@]43C)[C@@H]2CC[C@@]2(C1)O[C@@H]1C[C@H](C)CN[C@H]1[C@H]2C.O=CCNCCCc1ccccc1.[B-]OC(C)=O.[Na+]. The Morgan fingerprint density at radius 1 is 0.670 bits per heavy atom. The first-order valence-corrected chi connectivity index (χ1v) is 40.4. The number of benzene rings is 2. The third kappa shape index (κ3) is 19.5. The molecule has 8 fully saturated rings. The minimum absolute atomic E-state index is 0. The summed E-state index contributed by atoms with van der Waals surface area (Å²) in [5.41, 5.74) is 12.4. The number of aldehydes is 1. The van der Waals surface area contributed by atoms with Crippen LogP contribution in [0.1, 0.15) is 209 Å². The molecule has 0 aromatic heterocycles. The zero-order valence-corrected chi connectivity index (χ0v) is 66.9. The Bertz CT molecular complexity index is 3540. The number of ether oxygens (including phenoxy) is 2. The zero-order chi connectivity index (χ0) is 73.3. The van der Waals surface area contributed by atoms with E-state index >= 15 is 0 Å². The molecule has 14 rings (SSSR count). The Morgan fingerprint density at radius 3 is 1.67 bits per heavy atom. The number of nitrogens with one attached hydrogen (secondary N) is 3. The number of hydrogen-bond acceptors (Lipinski definition) is 16. The van der Waals surface area contributed by atoms with E-state index in [0.29, 0.717) is 85.3 Å². The van der Waals surface area contributed by atoms with E-state index < -0.39 is 27.9 Å². The molecular formula is C83H119BN4NaO13S. The van der Waals surface area contributed by atoms with Crippen LogP contribution in [0.5, 0.6) is 0 Å². The summed E-state index contributed by atoms with van der Waals surface area (Å²) in [5.74, 6) is 5.70. The molecule has 4 saturated heterocycles. The van der Waals surface area contributed by atoms with E-state index in [9.17, 15) is 37.2 Å². The summed E-state index contributed by atoms with van der Waals surface area (Å²) in [7, 11) is 0.986. The van der Waals surface area contributed by atoms with Crippen LogP contribution >= 0.6 is 0 Å². The van der Waals surface area contributed by atoms with Gasteiger partial charge in [0.1, 0.15) is 6.29 Å². The second-order valence-electron chi connectivity index (χ2n) is 33.2. The number of nitrogens with zero attached hydrogens (tertiary/aromatic N) is 1. The summed E-state index contributed by atoms with van der Waals surface area (Å²) in [5, 5.41) is 6.89. The number of hydrogen-bond donors (Lipinski definition) is 3. The topological polar surface area (TPSA) is 222 Å². The molecule has 18 atom stereocenters. The Labute approximate surface area is 639 Å². The molecule has 3 N–H and O–H groups in total. The van der Waals surface area contributed by atoms with Crippen molar-refractivity contribution in [2.75, 3.05) is 45.0 Å². The summed E-state index contributed by atoms with van der Waals surface area (Å²) in [4.78, 5) is 73.7. The number of likely N-dealkylation sites (tertiary alicyclic amines) is 1. The van der Waals surface area contributed by atoms with Crippen molar-refractivity contribution in [1.29, 1.82) is 0 Å². The monoisotopic (exact) mass is 1450 g/mol. The number of carbonyl (C=O) groups is 6. The second-order valence-corrected chi connectivity index (χ2v) is 35.1. The van der Waals surface area contributed by atoms with Gasteiger partial charge in [-0.3, -0.25) is 19.3 Å². The standard InChI is InChI=1S/C38H54N2O4S.C28H41NO2.C11H15NO.C4H6O4.C2H3BO2.Na/c1-25-20-35-36(40(24-25)18-17-39-45(42,43)19-14-28-8-6-5-7-9-28)27(3)38(44-35)16-13-31-32-11-10-29-21-30(41)12-15-37(29,4)34(32)22-33(31)26(2)23-38;1-16-11-25-26(29-15-16)18(3)28(31-25)10-8-21-22-6-5-19-12-20(30)7-9-27(19,4)24(22)13-23(21)17(2)14-28;13-10-9-12-8-4-7-11-5-2-1-3-6-11;1-3(5)7-8-4(2)6;1-2(4)5-3;/h5-9,21,25,27,31-32,34-36,39H,10-20,22-24H2,1-4H3;12,16,18,21-22,24-26,29H,5-11,13-15H2,1-4H3;1-3,5-6,10,12H,4,7-9H2;1-2H3;1H3;/q;;;;-1;+1/t25-,27+,31-,32-,34-,35+,36-,37-,38-;16-,18+,21-,22-,24-,25+,26-,27-,28-;;;;/m00..../s1. The van der Waals surface area contributed by atoms with E-state index in [1.807, 2.05) is 60.7 Å². The van der Waals surface area contributed by atoms with Gasteiger partial charge in [-0.05, 0) is 230 Å². The molecule has 3 radical (unpaired) electrons. The van der Waals surface area contributed by atoms with Crippen LogP contribution in [0.3, 0.4) is 0 Å². The van der Waals surface area contributed by atoms with Crippen molar-refractivity contribution in [3.8, 4) is 0 Å². The van der Waals surface area contributed by atoms with Crippen LogP contribution in [0, 0.1) is 70.0 Å². The second kappa shape index (κ2) is 36.2. The molecule has 8 aliphatic carbocycles. The maximum Gasteiger partial charge on any atom is 1.00 e. The molecule has 559 valence electrons. The average Bonchev–Trinajstić information content (AvgIpc) is 1.59. The van der Waals surface area contributed by atoms with Crippen LogP contribution in [0.15, 0.2) is 106 Å². The van der Waals surface area contributed by atoms with Crippen molar-refractivity contribution in [3.63, 3.8) is 0 Å². The number of ketones is 2. The van der Waals surface area contributed by atoms with Crippen molar-refractivity contribution < 1.29 is 90.6 Å². The quantitative estimate of drug-likeness (QED) is 0.0424. The summed E-state index contributed by atoms with van der Waals surface area (Å²) >= 11 is 0. The van der Waals surface area contributed by atoms with Crippen molar-refractivity contribution in [3.05, 3.63) is 117 Å². The molecule has 4 heterocycles. The van der Waals surface area contributed by atoms with Crippen LogP contribution in [0.4, 0.5) is 0 Å². The normalized spacial score (nSPS) is 35.2. The molecule has 12 aliphatic rings. The average molecular weight is 1450 g/mol. The molecular weight excluding hydrogens is 1330 g/mol. The zero-order valence-electron chi connectivity index (χ0n) is 64.1. The number of aryl methyl sites for hydroxylation is 2. The molecule has 0 bridgehead atoms. The van der Waals surface area contributed by atoms with E-state index in [4.69, 9.17) is 9.47 Å². The predicted molar refractivity (Wildman–Crippen MR) is 398 cm³/mol. The van der Waals surface area contributed by atoms with E-state index in [1.165, 1.54) is 75.0 Å². The van der Waals surface area contributed by atoms with Crippen molar-refractivity contribution in [2.45, 2.75) is 246 Å². The van der Waals surface area contributed by atoms with Gasteiger partial charge in [0.05, 0.1) is 35.7 Å². The van der Waals surface area contributed by atoms with Crippen LogP contribution < -0.4 is 44.9 Å². The number of rotatable bonds is 13. The Kier molecular flexibility index (Phi) is 29.1. The fraction of sp³-hybridized carbons (Fsp3) is 0.687. The Morgan fingerprint density at radius 2 is 1.17 bits per heavy atom. The van der Waals surface area contributed by atoms with Crippen molar-refractivity contribution >= 4 is 53.8 Å². The Hall–Kier alpha value is -4.41. The number of sulfonamides is 1. The first-order chi connectivity index (χ1) is 48.6. The smallest absolute Gasteiger partial charge is 0.793 e. The maximum absolute atomic E-state index is 12.8. The van der Waals surface area contributed by atoms with Gasteiger partial charge in [-0.1, -0.05) is 136 Å². The van der Waals surface area contributed by atoms with Gasteiger partial charge < -0.3 is 37.6 Å². The summed E-state index contributed by atoms with van der Waals surface area (Å²) < 4.78 is 46.5. The molecule has 103 heavy (non-hydrogen) atoms. The third-order valence-electron chi connectivity index (χ3n) is 26.6. The fourth-order valence-electron chi connectivity index (χ4n) is 21.5. The van der Waals surface area contributed by atoms with Gasteiger partial charge in [-0.2, -0.15) is 0 Å². The number of piperidine rings is 2. The van der Waals surface area contributed by atoms with Crippen LogP contribution in [0.2, 0.25) is 0 Å². The molecule has 0 amide bonds. The minimum Gasteiger partial charge on any atom is -0.793 e. The van der Waals surface area contributed by atoms with Crippen molar-refractivity contribution in [2.24, 2.45) is 70.0 Å². The Balaban J connectivity index is 0.000000182. The van der Waals surface area contributed by atoms with E-state index in [-0.39, 0.29) is 63.4 Å². The van der Waals surface area contributed by atoms with Gasteiger partial charge in [-0.25, -0.2) is 32.5 Å². The first-order valence-electron chi connectivity index (χ1n) is 38.7. The van der Waals surface area contributed by atoms with Gasteiger partial charge in [0.25, 0.3) is 0 Å². The van der Waals surface area contributed by atoms with Crippen LogP contribution in [-0.2, 0) is 75.5 Å². The molecule has 0 unspecified atom stereocenters. The molecule has 4 saturated carbocycles. The molecule has 2 aromatic rings. The number of allylic oxidation sites excluding steroid dienone is 6. The van der Waals surface area contributed by atoms with Gasteiger partial charge in [0.2, 0.25) is 16.0 Å². The molecule has 17 nitrogen and oxygen atoms in total. The molecule has 2 spiro atoms. The van der Waals surface area contributed by atoms with Gasteiger partial charge in [-0.15, -0.1) is 0 Å². The van der Waals surface area contributed by atoms with Gasteiger partial charge in [0, 0.05) is 77.2 Å². The number of carbonyl (C=O) groups excluding carboxylic acids is 6. The minimum atomic E-state index is -3.34. The van der Waals surface area contributed by atoms with Crippen LogP contribution in [0.25, 0.3) is 0 Å². The van der Waals surface area contributed by atoms with E-state index in [2.05, 4.69) is 110 Å². The first kappa shape index (κ1) is 82.6. The molecule has 2 aromatic carbocycles. The largest absolute Gasteiger partial charge is 1.00 e. The summed E-state index contributed by atoms with van der Waals surface area (Å²) in [6.07, 6.45) is 28.4. The maximum atomic E-state index is 12.8. The molecule has 4 aliphatic heterocycles. The van der Waals surface area contributed by atoms with Crippen LogP contribution in [-0.4, -0.2) is 138 Å².